The molecule has 2 rings (SSSR count). The van der Waals surface area contributed by atoms with E-state index in [0.29, 0.717) is 18.0 Å². The van der Waals surface area contributed by atoms with Gasteiger partial charge in [-0.1, -0.05) is 15.9 Å². The van der Waals surface area contributed by atoms with Gasteiger partial charge in [-0.05, 0) is 35.9 Å². The molecule has 0 aliphatic carbocycles. The van der Waals surface area contributed by atoms with Gasteiger partial charge in [0, 0.05) is 22.8 Å². The minimum atomic E-state index is 0.674. The summed E-state index contributed by atoms with van der Waals surface area (Å²) in [5, 5.41) is 3.36. The molecule has 21 heavy (non-hydrogen) atoms. The number of rotatable bonds is 6. The number of ether oxygens (including phenoxy) is 3. The first-order valence-electron chi connectivity index (χ1n) is 6.46. The van der Waals surface area contributed by atoms with Crippen LogP contribution in [-0.4, -0.2) is 21.3 Å². The molecular formula is C16H18BrNO3. The summed E-state index contributed by atoms with van der Waals surface area (Å²) in [5.41, 5.74) is 2.08. The fourth-order valence-electron chi connectivity index (χ4n) is 1.96. The van der Waals surface area contributed by atoms with Crippen LogP contribution in [0.1, 0.15) is 5.56 Å². The van der Waals surface area contributed by atoms with Gasteiger partial charge >= 0.3 is 0 Å². The largest absolute Gasteiger partial charge is 0.497 e. The van der Waals surface area contributed by atoms with Gasteiger partial charge in [-0.3, -0.25) is 0 Å². The first-order chi connectivity index (χ1) is 10.2. The van der Waals surface area contributed by atoms with Gasteiger partial charge in [0.05, 0.1) is 21.3 Å². The number of nitrogens with one attached hydrogen (secondary N) is 1. The lowest BCUT2D eigenvalue weighted by atomic mass is 10.2. The van der Waals surface area contributed by atoms with Gasteiger partial charge < -0.3 is 19.5 Å². The Labute approximate surface area is 133 Å². The van der Waals surface area contributed by atoms with E-state index in [1.165, 1.54) is 0 Å². The van der Waals surface area contributed by atoms with Crippen LogP contribution in [0.5, 0.6) is 17.2 Å². The summed E-state index contributed by atoms with van der Waals surface area (Å²) in [6.07, 6.45) is 0. The molecule has 0 aliphatic heterocycles. The van der Waals surface area contributed by atoms with Crippen LogP contribution < -0.4 is 19.5 Å². The molecule has 0 radical (unpaired) electrons. The van der Waals surface area contributed by atoms with Crippen LogP contribution in [0.2, 0.25) is 0 Å². The van der Waals surface area contributed by atoms with E-state index in [9.17, 15) is 0 Å². The van der Waals surface area contributed by atoms with Crippen molar-refractivity contribution in [2.75, 3.05) is 26.6 Å². The van der Waals surface area contributed by atoms with Crippen molar-refractivity contribution in [3.63, 3.8) is 0 Å². The summed E-state index contributed by atoms with van der Waals surface area (Å²) in [4.78, 5) is 0. The molecule has 2 aromatic rings. The molecule has 0 saturated heterocycles. The fraction of sp³-hybridized carbons (Fsp3) is 0.250. The molecule has 2 aromatic carbocycles. The lowest BCUT2D eigenvalue weighted by Crippen LogP contribution is -2.01. The zero-order chi connectivity index (χ0) is 15.2. The van der Waals surface area contributed by atoms with Gasteiger partial charge in [-0.2, -0.15) is 0 Å². The quantitative estimate of drug-likeness (QED) is 0.850. The van der Waals surface area contributed by atoms with Crippen LogP contribution in [0.15, 0.2) is 40.9 Å². The fourth-order valence-corrected chi connectivity index (χ4v) is 2.34. The summed E-state index contributed by atoms with van der Waals surface area (Å²) in [6, 6.07) is 11.6. The van der Waals surface area contributed by atoms with E-state index in [0.717, 1.165) is 21.5 Å². The van der Waals surface area contributed by atoms with Crippen LogP contribution in [0.4, 0.5) is 5.69 Å². The number of anilines is 1. The first-order valence-corrected chi connectivity index (χ1v) is 7.25. The number of halogens is 1. The van der Waals surface area contributed by atoms with Crippen LogP contribution >= 0.6 is 15.9 Å². The van der Waals surface area contributed by atoms with Crippen molar-refractivity contribution in [2.24, 2.45) is 0 Å². The molecule has 0 heterocycles. The Hall–Kier alpha value is -1.88. The Morgan fingerprint density at radius 1 is 0.905 bits per heavy atom. The molecule has 0 saturated carbocycles. The average Bonchev–Trinajstić information content (AvgIpc) is 2.53. The molecule has 5 heteroatoms. The van der Waals surface area contributed by atoms with Crippen LogP contribution in [0.3, 0.4) is 0 Å². The van der Waals surface area contributed by atoms with Gasteiger partial charge in [0.25, 0.3) is 0 Å². The molecule has 0 bridgehead atoms. The minimum absolute atomic E-state index is 0.674. The van der Waals surface area contributed by atoms with Crippen LogP contribution in [0, 0.1) is 0 Å². The summed E-state index contributed by atoms with van der Waals surface area (Å²) >= 11 is 3.54. The third kappa shape index (κ3) is 3.82. The van der Waals surface area contributed by atoms with Crippen molar-refractivity contribution in [2.45, 2.75) is 6.54 Å². The second-order valence-corrected chi connectivity index (χ2v) is 5.23. The first kappa shape index (κ1) is 15.5. The standard InChI is InChI=1S/C16H18BrNO3/c1-19-13-5-6-14(17)11(8-13)10-18-12-4-7-15(20-2)16(9-12)21-3/h4-9,18H,10H2,1-3H3. The van der Waals surface area contributed by atoms with Gasteiger partial charge in [0.1, 0.15) is 5.75 Å². The Morgan fingerprint density at radius 2 is 1.67 bits per heavy atom. The zero-order valence-electron chi connectivity index (χ0n) is 12.3. The van der Waals surface area contributed by atoms with Crippen molar-refractivity contribution in [1.82, 2.24) is 0 Å². The second-order valence-electron chi connectivity index (χ2n) is 4.38. The van der Waals surface area contributed by atoms with Crippen molar-refractivity contribution in [3.05, 3.63) is 46.4 Å². The summed E-state index contributed by atoms with van der Waals surface area (Å²) in [6.45, 7) is 0.674. The SMILES string of the molecule is COc1ccc(Br)c(CNc2ccc(OC)c(OC)c2)c1. The van der Waals surface area contributed by atoms with Crippen molar-refractivity contribution >= 4 is 21.6 Å². The third-order valence-corrected chi connectivity index (χ3v) is 3.89. The lowest BCUT2D eigenvalue weighted by Gasteiger charge is -2.12. The highest BCUT2D eigenvalue weighted by Crippen LogP contribution is 2.30. The molecule has 112 valence electrons. The van der Waals surface area contributed by atoms with Crippen molar-refractivity contribution in [1.29, 1.82) is 0 Å². The predicted octanol–water partition coefficient (Wildman–Crippen LogP) is 4.09. The van der Waals surface area contributed by atoms with Gasteiger partial charge in [-0.15, -0.1) is 0 Å². The number of benzene rings is 2. The van der Waals surface area contributed by atoms with E-state index in [4.69, 9.17) is 14.2 Å². The van der Waals surface area contributed by atoms with Gasteiger partial charge in [-0.25, -0.2) is 0 Å². The Balaban J connectivity index is 2.13. The van der Waals surface area contributed by atoms with E-state index in [2.05, 4.69) is 21.2 Å². The Morgan fingerprint density at radius 3 is 2.33 bits per heavy atom. The third-order valence-electron chi connectivity index (χ3n) is 3.12. The Bertz CT molecular complexity index is 616. The van der Waals surface area contributed by atoms with Gasteiger partial charge in [0.15, 0.2) is 11.5 Å². The highest BCUT2D eigenvalue weighted by molar-refractivity contribution is 9.10. The van der Waals surface area contributed by atoms with E-state index in [1.807, 2.05) is 36.4 Å². The molecule has 0 atom stereocenters. The zero-order valence-corrected chi connectivity index (χ0v) is 13.9. The number of hydrogen-bond donors (Lipinski definition) is 1. The maximum Gasteiger partial charge on any atom is 0.162 e. The van der Waals surface area contributed by atoms with Gasteiger partial charge in [0.2, 0.25) is 0 Å². The number of hydrogen-bond acceptors (Lipinski definition) is 4. The Kier molecular flexibility index (Phi) is 5.33. The van der Waals surface area contributed by atoms with Crippen molar-refractivity contribution < 1.29 is 14.2 Å². The minimum Gasteiger partial charge on any atom is -0.497 e. The molecule has 0 spiro atoms. The summed E-state index contributed by atoms with van der Waals surface area (Å²) in [7, 11) is 4.91. The maximum absolute atomic E-state index is 5.29. The summed E-state index contributed by atoms with van der Waals surface area (Å²) in [5.74, 6) is 2.25. The maximum atomic E-state index is 5.29. The van der Waals surface area contributed by atoms with Crippen LogP contribution in [0.25, 0.3) is 0 Å². The highest BCUT2D eigenvalue weighted by Gasteiger charge is 2.06. The van der Waals surface area contributed by atoms with Crippen LogP contribution in [-0.2, 0) is 6.54 Å². The molecule has 0 amide bonds. The highest BCUT2D eigenvalue weighted by atomic mass is 79.9. The topological polar surface area (TPSA) is 39.7 Å². The molecule has 0 unspecified atom stereocenters. The van der Waals surface area contributed by atoms with E-state index < -0.39 is 0 Å². The molecular weight excluding hydrogens is 334 g/mol. The smallest absolute Gasteiger partial charge is 0.162 e. The molecule has 0 aromatic heterocycles. The number of methoxy groups -OCH3 is 3. The lowest BCUT2D eigenvalue weighted by molar-refractivity contribution is 0.355. The molecule has 4 nitrogen and oxygen atoms in total. The average molecular weight is 352 g/mol. The molecule has 0 fully saturated rings. The normalized spacial score (nSPS) is 10.1. The predicted molar refractivity (Wildman–Crippen MR) is 87.6 cm³/mol. The monoisotopic (exact) mass is 351 g/mol. The summed E-state index contributed by atoms with van der Waals surface area (Å²) < 4.78 is 16.8. The van der Waals surface area contributed by atoms with E-state index in [1.54, 1.807) is 21.3 Å². The second kappa shape index (κ2) is 7.22. The van der Waals surface area contributed by atoms with E-state index >= 15 is 0 Å². The van der Waals surface area contributed by atoms with Crippen molar-refractivity contribution in [3.8, 4) is 17.2 Å². The van der Waals surface area contributed by atoms with E-state index in [-0.39, 0.29) is 0 Å². The molecule has 1 N–H and O–H groups in total. The molecule has 0 aliphatic rings.